The summed E-state index contributed by atoms with van der Waals surface area (Å²) in [6.07, 6.45) is 14.3. The van der Waals surface area contributed by atoms with E-state index in [1.165, 1.54) is 44.9 Å². The molecule has 0 spiro atoms. The molecule has 0 aromatic heterocycles. The zero-order chi connectivity index (χ0) is 11.0. The lowest BCUT2D eigenvalue weighted by molar-refractivity contribution is 0.0298. The van der Waals surface area contributed by atoms with Crippen molar-refractivity contribution >= 4 is 0 Å². The predicted octanol–water partition coefficient (Wildman–Crippen LogP) is 2.66. The Kier molecular flexibility index (Phi) is 2.93. The van der Waals surface area contributed by atoms with Gasteiger partial charge in [0.1, 0.15) is 0 Å². The van der Waals surface area contributed by atoms with Gasteiger partial charge in [-0.2, -0.15) is 0 Å². The smallest absolute Gasteiger partial charge is 0.0285 e. The first-order chi connectivity index (χ1) is 7.88. The largest absolute Gasteiger partial charge is 0.388 e. The number of rotatable bonds is 3. The minimum atomic E-state index is 0.752. The highest BCUT2D eigenvalue weighted by atomic mass is 15.3. The third kappa shape index (κ3) is 1.77. The molecule has 2 nitrogen and oxygen atoms in total. The van der Waals surface area contributed by atoms with Gasteiger partial charge in [0, 0.05) is 24.2 Å². The minimum absolute atomic E-state index is 0.752. The lowest BCUT2D eigenvalue weighted by Gasteiger charge is -2.48. The lowest BCUT2D eigenvalue weighted by atomic mass is 9.83. The Morgan fingerprint density at radius 1 is 1.00 bits per heavy atom. The molecule has 1 saturated carbocycles. The van der Waals surface area contributed by atoms with Crippen LogP contribution in [-0.2, 0) is 0 Å². The molecule has 2 unspecified atom stereocenters. The molecule has 0 radical (unpaired) electrons. The highest BCUT2D eigenvalue weighted by Gasteiger charge is 2.44. The molecule has 90 valence electrons. The van der Waals surface area contributed by atoms with Crippen LogP contribution in [0.3, 0.4) is 0 Å². The molecule has 3 fully saturated rings. The van der Waals surface area contributed by atoms with Crippen molar-refractivity contribution in [3.05, 3.63) is 12.3 Å². The van der Waals surface area contributed by atoms with E-state index in [2.05, 4.69) is 29.4 Å². The van der Waals surface area contributed by atoms with E-state index < -0.39 is 0 Å². The van der Waals surface area contributed by atoms with Gasteiger partial charge in [0.2, 0.25) is 0 Å². The monoisotopic (exact) mass is 220 g/mol. The summed E-state index contributed by atoms with van der Waals surface area (Å²) >= 11 is 0. The molecule has 2 heterocycles. The second-order valence-corrected chi connectivity index (χ2v) is 5.75. The van der Waals surface area contributed by atoms with Crippen molar-refractivity contribution in [2.75, 3.05) is 0 Å². The van der Waals surface area contributed by atoms with Crippen LogP contribution in [0, 0.1) is 0 Å². The van der Waals surface area contributed by atoms with E-state index >= 15 is 0 Å². The van der Waals surface area contributed by atoms with E-state index in [-0.39, 0.29) is 0 Å². The molecule has 3 aliphatic rings. The van der Waals surface area contributed by atoms with Crippen LogP contribution in [0.5, 0.6) is 0 Å². The fraction of sp³-hybridized carbons (Fsp3) is 0.857. The fourth-order valence-corrected chi connectivity index (χ4v) is 3.95. The van der Waals surface area contributed by atoms with Gasteiger partial charge < -0.3 is 5.32 Å². The fourth-order valence-electron chi connectivity index (χ4n) is 3.95. The zero-order valence-corrected chi connectivity index (χ0v) is 10.4. The van der Waals surface area contributed by atoms with Crippen LogP contribution in [0.1, 0.15) is 51.9 Å². The molecule has 1 N–H and O–H groups in total. The van der Waals surface area contributed by atoms with Gasteiger partial charge in [0.05, 0.1) is 0 Å². The Balaban J connectivity index is 1.53. The summed E-state index contributed by atoms with van der Waals surface area (Å²) in [7, 11) is 0. The Morgan fingerprint density at radius 3 is 2.31 bits per heavy atom. The summed E-state index contributed by atoms with van der Waals surface area (Å²) in [5, 5.41) is 3.48. The molecule has 0 amide bonds. The van der Waals surface area contributed by atoms with E-state index in [0.29, 0.717) is 0 Å². The number of nitrogens with zero attached hydrogens (tertiary/aromatic N) is 1. The van der Waals surface area contributed by atoms with Crippen LogP contribution in [-0.4, -0.2) is 29.1 Å². The number of fused-ring (bicyclic) bond motifs is 2. The first kappa shape index (κ1) is 10.6. The van der Waals surface area contributed by atoms with E-state index in [4.69, 9.17) is 0 Å². The molecule has 2 heteroatoms. The Morgan fingerprint density at radius 2 is 1.69 bits per heavy atom. The van der Waals surface area contributed by atoms with Gasteiger partial charge in [0.25, 0.3) is 0 Å². The van der Waals surface area contributed by atoms with Crippen molar-refractivity contribution in [1.82, 2.24) is 10.2 Å². The number of hydrogen-bond acceptors (Lipinski definition) is 2. The number of allylic oxidation sites excluding steroid dienone is 1. The molecule has 1 aliphatic carbocycles. The van der Waals surface area contributed by atoms with Gasteiger partial charge >= 0.3 is 0 Å². The minimum Gasteiger partial charge on any atom is -0.388 e. The zero-order valence-electron chi connectivity index (χ0n) is 10.4. The maximum atomic E-state index is 3.48. The van der Waals surface area contributed by atoms with E-state index in [1.54, 1.807) is 0 Å². The SMILES string of the molecule is C/C=C/NC1CC(N2C3CCCC2CC3)C1. The highest BCUT2D eigenvalue weighted by molar-refractivity contribution is 5.02. The highest BCUT2D eigenvalue weighted by Crippen LogP contribution is 2.41. The van der Waals surface area contributed by atoms with Crippen molar-refractivity contribution in [1.29, 1.82) is 0 Å². The van der Waals surface area contributed by atoms with Crippen molar-refractivity contribution in [2.45, 2.75) is 76.0 Å². The summed E-state index contributed by atoms with van der Waals surface area (Å²) in [5.41, 5.74) is 0. The van der Waals surface area contributed by atoms with Crippen molar-refractivity contribution in [2.24, 2.45) is 0 Å². The lowest BCUT2D eigenvalue weighted by Crippen LogP contribution is -2.56. The third-order valence-corrected chi connectivity index (χ3v) is 4.78. The molecule has 2 bridgehead atoms. The molecule has 3 rings (SSSR count). The molecular formula is C14H24N2. The molecule has 16 heavy (non-hydrogen) atoms. The molecular weight excluding hydrogens is 196 g/mol. The van der Waals surface area contributed by atoms with Gasteiger partial charge in [-0.25, -0.2) is 0 Å². The standard InChI is InChI=1S/C14H24N2/c1-2-8-15-11-9-14(10-11)16-12-4-3-5-13(16)7-6-12/h2,8,11-15H,3-7,9-10H2,1H3/b8-2+. The Bertz CT molecular complexity index is 252. The summed E-state index contributed by atoms with van der Waals surface area (Å²) in [6, 6.07) is 3.56. The summed E-state index contributed by atoms with van der Waals surface area (Å²) in [6.45, 7) is 2.08. The first-order valence-electron chi connectivity index (χ1n) is 7.03. The van der Waals surface area contributed by atoms with Crippen LogP contribution < -0.4 is 5.32 Å². The van der Waals surface area contributed by atoms with E-state index in [0.717, 1.165) is 24.2 Å². The topological polar surface area (TPSA) is 15.3 Å². The molecule has 2 aliphatic heterocycles. The third-order valence-electron chi connectivity index (χ3n) is 4.78. The number of nitrogens with one attached hydrogen (secondary N) is 1. The number of hydrogen-bond donors (Lipinski definition) is 1. The van der Waals surface area contributed by atoms with Crippen LogP contribution in [0.4, 0.5) is 0 Å². The molecule has 0 aromatic carbocycles. The van der Waals surface area contributed by atoms with E-state index in [1.807, 2.05) is 0 Å². The van der Waals surface area contributed by atoms with Gasteiger partial charge in [-0.15, -0.1) is 0 Å². The quantitative estimate of drug-likeness (QED) is 0.786. The van der Waals surface area contributed by atoms with Crippen molar-refractivity contribution in [3.8, 4) is 0 Å². The van der Waals surface area contributed by atoms with Gasteiger partial charge in [0.15, 0.2) is 0 Å². The molecule has 2 saturated heterocycles. The maximum absolute atomic E-state index is 3.48. The molecule has 2 atom stereocenters. The summed E-state index contributed by atoms with van der Waals surface area (Å²) in [4.78, 5) is 2.89. The Hall–Kier alpha value is -0.500. The first-order valence-corrected chi connectivity index (χ1v) is 7.03. The second kappa shape index (κ2) is 4.40. The van der Waals surface area contributed by atoms with Crippen LogP contribution in [0.2, 0.25) is 0 Å². The predicted molar refractivity (Wildman–Crippen MR) is 67.3 cm³/mol. The van der Waals surface area contributed by atoms with Gasteiger partial charge in [-0.3, -0.25) is 4.90 Å². The summed E-state index contributed by atoms with van der Waals surface area (Å²) < 4.78 is 0. The van der Waals surface area contributed by atoms with E-state index in [9.17, 15) is 0 Å². The maximum Gasteiger partial charge on any atom is 0.0285 e. The van der Waals surface area contributed by atoms with Crippen LogP contribution in [0.15, 0.2) is 12.3 Å². The average molecular weight is 220 g/mol. The molecule has 0 aromatic rings. The summed E-state index contributed by atoms with van der Waals surface area (Å²) in [5.74, 6) is 0. The van der Waals surface area contributed by atoms with Crippen LogP contribution in [0.25, 0.3) is 0 Å². The van der Waals surface area contributed by atoms with Crippen molar-refractivity contribution in [3.63, 3.8) is 0 Å². The van der Waals surface area contributed by atoms with Crippen molar-refractivity contribution < 1.29 is 0 Å². The van der Waals surface area contributed by atoms with Crippen LogP contribution >= 0.6 is 0 Å². The number of piperidine rings is 1. The average Bonchev–Trinajstić information content (AvgIpc) is 2.48. The normalized spacial score (nSPS) is 43.6. The van der Waals surface area contributed by atoms with Gasteiger partial charge in [-0.1, -0.05) is 12.5 Å². The Labute approximate surface area is 99.1 Å². The van der Waals surface area contributed by atoms with Gasteiger partial charge in [-0.05, 0) is 51.6 Å². The second-order valence-electron chi connectivity index (χ2n) is 5.75.